The summed E-state index contributed by atoms with van der Waals surface area (Å²) < 4.78 is 0. The van der Waals surface area contributed by atoms with Crippen LogP contribution in [-0.2, 0) is 0 Å². The van der Waals surface area contributed by atoms with Gasteiger partial charge in [-0.1, -0.05) is 18.2 Å². The first-order chi connectivity index (χ1) is 10.5. The van der Waals surface area contributed by atoms with E-state index in [2.05, 4.69) is 16.0 Å². The number of nitrogens with one attached hydrogen (secondary N) is 1. The third-order valence-corrected chi connectivity index (χ3v) is 3.48. The van der Waals surface area contributed by atoms with E-state index in [1.807, 2.05) is 32.0 Å². The molecule has 2 aromatic carbocycles. The van der Waals surface area contributed by atoms with Crippen LogP contribution in [0.15, 0.2) is 52.3 Å². The van der Waals surface area contributed by atoms with Crippen molar-refractivity contribution in [1.82, 2.24) is 4.98 Å². The number of H-pyrrole nitrogens is 1. The SMILES string of the molecule is Cc1cc(C)cc(N=Cc2c(O)c3ccccc3[nH]c2=O)c1. The number of fused-ring (bicyclic) bond motifs is 1. The predicted molar refractivity (Wildman–Crippen MR) is 89.4 cm³/mol. The van der Waals surface area contributed by atoms with E-state index in [1.165, 1.54) is 6.21 Å². The van der Waals surface area contributed by atoms with E-state index in [4.69, 9.17) is 0 Å². The van der Waals surface area contributed by atoms with Gasteiger partial charge < -0.3 is 10.1 Å². The Kier molecular flexibility index (Phi) is 3.51. The van der Waals surface area contributed by atoms with Crippen LogP contribution in [0.2, 0.25) is 0 Å². The van der Waals surface area contributed by atoms with Crippen LogP contribution in [0.4, 0.5) is 5.69 Å². The number of pyridine rings is 1. The van der Waals surface area contributed by atoms with E-state index in [-0.39, 0.29) is 16.9 Å². The average molecular weight is 292 g/mol. The summed E-state index contributed by atoms with van der Waals surface area (Å²) in [6.45, 7) is 3.98. The number of aromatic nitrogens is 1. The number of nitrogens with zero attached hydrogens (tertiary/aromatic N) is 1. The van der Waals surface area contributed by atoms with Gasteiger partial charge in [-0.2, -0.15) is 0 Å². The van der Waals surface area contributed by atoms with Crippen molar-refractivity contribution in [2.75, 3.05) is 0 Å². The number of aromatic hydroxyl groups is 1. The molecule has 2 N–H and O–H groups in total. The Morgan fingerprint density at radius 1 is 1.09 bits per heavy atom. The van der Waals surface area contributed by atoms with Gasteiger partial charge in [0.1, 0.15) is 11.3 Å². The van der Waals surface area contributed by atoms with Gasteiger partial charge in [-0.3, -0.25) is 9.79 Å². The molecule has 0 unspecified atom stereocenters. The molecule has 0 aliphatic carbocycles. The van der Waals surface area contributed by atoms with Crippen molar-refractivity contribution in [3.63, 3.8) is 0 Å². The van der Waals surface area contributed by atoms with E-state index in [0.717, 1.165) is 16.8 Å². The van der Waals surface area contributed by atoms with Crippen molar-refractivity contribution >= 4 is 22.8 Å². The van der Waals surface area contributed by atoms with Crippen LogP contribution in [0.1, 0.15) is 16.7 Å². The maximum absolute atomic E-state index is 12.1. The molecule has 3 rings (SSSR count). The number of aromatic amines is 1. The van der Waals surface area contributed by atoms with Gasteiger partial charge in [0.25, 0.3) is 5.56 Å². The molecule has 0 atom stereocenters. The van der Waals surface area contributed by atoms with Crippen molar-refractivity contribution in [3.8, 4) is 5.75 Å². The van der Waals surface area contributed by atoms with Gasteiger partial charge in [-0.25, -0.2) is 0 Å². The minimum Gasteiger partial charge on any atom is -0.506 e. The van der Waals surface area contributed by atoms with Crippen molar-refractivity contribution < 1.29 is 5.11 Å². The van der Waals surface area contributed by atoms with Crippen LogP contribution >= 0.6 is 0 Å². The molecule has 0 amide bonds. The van der Waals surface area contributed by atoms with E-state index in [0.29, 0.717) is 10.9 Å². The molecule has 0 spiro atoms. The second kappa shape index (κ2) is 5.48. The van der Waals surface area contributed by atoms with E-state index < -0.39 is 0 Å². The predicted octanol–water partition coefficient (Wildman–Crippen LogP) is 3.60. The molecule has 0 radical (unpaired) electrons. The van der Waals surface area contributed by atoms with Crippen LogP contribution < -0.4 is 5.56 Å². The number of rotatable bonds is 2. The molecule has 3 aromatic rings. The van der Waals surface area contributed by atoms with E-state index in [1.54, 1.807) is 18.2 Å². The van der Waals surface area contributed by atoms with Gasteiger partial charge in [0.2, 0.25) is 0 Å². The lowest BCUT2D eigenvalue weighted by molar-refractivity contribution is 0.479. The summed E-state index contributed by atoms with van der Waals surface area (Å²) in [6, 6.07) is 13.0. The Morgan fingerprint density at radius 2 is 1.77 bits per heavy atom. The van der Waals surface area contributed by atoms with Crippen LogP contribution in [0.25, 0.3) is 10.9 Å². The second-order valence-electron chi connectivity index (χ2n) is 5.37. The maximum Gasteiger partial charge on any atom is 0.261 e. The zero-order valence-corrected chi connectivity index (χ0v) is 12.4. The monoisotopic (exact) mass is 292 g/mol. The Bertz CT molecular complexity index is 919. The quantitative estimate of drug-likeness (QED) is 0.709. The normalized spacial score (nSPS) is 11.4. The van der Waals surface area contributed by atoms with E-state index >= 15 is 0 Å². The van der Waals surface area contributed by atoms with Crippen molar-refractivity contribution in [2.45, 2.75) is 13.8 Å². The summed E-state index contributed by atoms with van der Waals surface area (Å²) in [4.78, 5) is 19.2. The third-order valence-electron chi connectivity index (χ3n) is 3.48. The van der Waals surface area contributed by atoms with Gasteiger partial charge in [0.05, 0.1) is 11.2 Å². The zero-order chi connectivity index (χ0) is 15.7. The number of aliphatic imine (C=N–C) groups is 1. The molecule has 0 fully saturated rings. The van der Waals surface area contributed by atoms with Gasteiger partial charge in [0, 0.05) is 11.6 Å². The third kappa shape index (κ3) is 2.63. The maximum atomic E-state index is 12.1. The number of aryl methyl sites for hydroxylation is 2. The number of benzene rings is 2. The standard InChI is InChI=1S/C18H16N2O2/c1-11-7-12(2)9-13(8-11)19-10-15-17(21)14-5-3-4-6-16(14)20-18(15)22/h3-10H,1-2H3,(H2,20,21,22). The van der Waals surface area contributed by atoms with Crippen molar-refractivity contribution in [3.05, 3.63) is 69.5 Å². The molecule has 0 saturated heterocycles. The zero-order valence-electron chi connectivity index (χ0n) is 12.4. The average Bonchev–Trinajstić information content (AvgIpc) is 2.46. The van der Waals surface area contributed by atoms with Crippen LogP contribution in [0.3, 0.4) is 0 Å². The summed E-state index contributed by atoms with van der Waals surface area (Å²) >= 11 is 0. The molecule has 0 saturated carbocycles. The van der Waals surface area contributed by atoms with Crippen molar-refractivity contribution in [1.29, 1.82) is 0 Å². The molecular formula is C18H16N2O2. The fourth-order valence-corrected chi connectivity index (χ4v) is 2.52. The second-order valence-corrected chi connectivity index (χ2v) is 5.37. The van der Waals surface area contributed by atoms with Gasteiger partial charge >= 0.3 is 0 Å². The number of hydrogen-bond acceptors (Lipinski definition) is 3. The van der Waals surface area contributed by atoms with Gasteiger partial charge in [-0.15, -0.1) is 0 Å². The Balaban J connectivity index is 2.10. The summed E-state index contributed by atoms with van der Waals surface area (Å²) in [5.74, 6) is -0.0486. The minimum absolute atomic E-state index is 0.0486. The molecule has 110 valence electrons. The lowest BCUT2D eigenvalue weighted by Gasteiger charge is -2.04. The lowest BCUT2D eigenvalue weighted by atomic mass is 10.1. The van der Waals surface area contributed by atoms with Crippen LogP contribution in [0.5, 0.6) is 5.75 Å². The fourth-order valence-electron chi connectivity index (χ4n) is 2.52. The largest absolute Gasteiger partial charge is 0.506 e. The first kappa shape index (κ1) is 14.1. The molecule has 0 aliphatic heterocycles. The lowest BCUT2D eigenvalue weighted by Crippen LogP contribution is -2.12. The molecule has 0 bridgehead atoms. The summed E-state index contributed by atoms with van der Waals surface area (Å²) in [5.41, 5.74) is 3.37. The Hall–Kier alpha value is -2.88. The van der Waals surface area contributed by atoms with Crippen molar-refractivity contribution in [2.24, 2.45) is 4.99 Å². The highest BCUT2D eigenvalue weighted by atomic mass is 16.3. The summed E-state index contributed by atoms with van der Waals surface area (Å²) in [6.07, 6.45) is 1.41. The molecule has 4 nitrogen and oxygen atoms in total. The molecule has 1 aromatic heterocycles. The first-order valence-corrected chi connectivity index (χ1v) is 7.01. The highest BCUT2D eigenvalue weighted by Gasteiger charge is 2.09. The van der Waals surface area contributed by atoms with Gasteiger partial charge in [0.15, 0.2) is 0 Å². The Morgan fingerprint density at radius 3 is 2.50 bits per heavy atom. The fraction of sp³-hybridized carbons (Fsp3) is 0.111. The molecule has 1 heterocycles. The smallest absolute Gasteiger partial charge is 0.261 e. The van der Waals surface area contributed by atoms with Crippen LogP contribution in [0, 0.1) is 13.8 Å². The first-order valence-electron chi connectivity index (χ1n) is 7.01. The molecular weight excluding hydrogens is 276 g/mol. The van der Waals surface area contributed by atoms with E-state index in [9.17, 15) is 9.90 Å². The minimum atomic E-state index is -0.357. The molecule has 22 heavy (non-hydrogen) atoms. The number of para-hydroxylation sites is 1. The number of hydrogen-bond donors (Lipinski definition) is 2. The molecule has 0 aliphatic rings. The van der Waals surface area contributed by atoms with Crippen LogP contribution in [-0.4, -0.2) is 16.3 Å². The highest BCUT2D eigenvalue weighted by Crippen LogP contribution is 2.24. The summed E-state index contributed by atoms with van der Waals surface area (Å²) in [5, 5.41) is 10.9. The van der Waals surface area contributed by atoms with Gasteiger partial charge in [-0.05, 0) is 49.2 Å². The summed E-state index contributed by atoms with van der Waals surface area (Å²) in [7, 11) is 0. The highest BCUT2D eigenvalue weighted by molar-refractivity contribution is 5.95. The Labute approximate surface area is 127 Å². The topological polar surface area (TPSA) is 65.5 Å². The molecule has 4 heteroatoms.